The fourth-order valence-corrected chi connectivity index (χ4v) is 3.53. The van der Waals surface area contributed by atoms with Crippen LogP contribution < -0.4 is 4.90 Å². The molecule has 1 fully saturated rings. The van der Waals surface area contributed by atoms with Crippen molar-refractivity contribution in [2.45, 2.75) is 26.4 Å². The van der Waals surface area contributed by atoms with E-state index in [4.69, 9.17) is 0 Å². The van der Waals surface area contributed by atoms with Crippen LogP contribution >= 0.6 is 0 Å². The van der Waals surface area contributed by atoms with Crippen LogP contribution in [0.1, 0.15) is 21.7 Å². The first kappa shape index (κ1) is 19.2. The van der Waals surface area contributed by atoms with Crippen molar-refractivity contribution >= 4 is 11.6 Å². The summed E-state index contributed by atoms with van der Waals surface area (Å²) in [4.78, 5) is 16.4. The lowest BCUT2D eigenvalue weighted by molar-refractivity contribution is -0.141. The Morgan fingerprint density at radius 1 is 1.07 bits per heavy atom. The standard InChI is InChI=1S/C22H28N2O3.H2/c1-16(2)14-21(26)22(27)24-12-10-23(11-13-24)18-7-5-6-17(15-18)19-8-3-4-9-20(19)25;/h3-9,15-16,21,25-26H,10-14H2,1-2H3;1H/t21-;/m1./s1. The number of piperazine rings is 1. The first-order chi connectivity index (χ1) is 13.0. The zero-order chi connectivity index (χ0) is 19.4. The minimum atomic E-state index is -0.902. The highest BCUT2D eigenvalue weighted by atomic mass is 16.3. The van der Waals surface area contributed by atoms with E-state index in [1.165, 1.54) is 0 Å². The molecule has 146 valence electrons. The second-order valence-electron chi connectivity index (χ2n) is 7.53. The third kappa shape index (κ3) is 4.61. The van der Waals surface area contributed by atoms with Crippen LogP contribution in [0.3, 0.4) is 0 Å². The molecule has 3 rings (SSSR count). The summed E-state index contributed by atoms with van der Waals surface area (Å²) in [6.45, 7) is 6.68. The van der Waals surface area contributed by atoms with Crippen LogP contribution in [0.25, 0.3) is 11.1 Å². The number of carbonyl (C=O) groups is 1. The number of aliphatic hydroxyl groups is 1. The van der Waals surface area contributed by atoms with Crippen LogP contribution in [0.4, 0.5) is 5.69 Å². The molecule has 1 amide bonds. The summed E-state index contributed by atoms with van der Waals surface area (Å²) in [6, 6.07) is 15.4. The number of benzene rings is 2. The number of rotatable bonds is 5. The normalized spacial score (nSPS) is 15.9. The molecule has 27 heavy (non-hydrogen) atoms. The van der Waals surface area contributed by atoms with E-state index in [-0.39, 0.29) is 13.1 Å². The van der Waals surface area contributed by atoms with Crippen molar-refractivity contribution in [3.8, 4) is 16.9 Å². The maximum absolute atomic E-state index is 12.4. The van der Waals surface area contributed by atoms with Gasteiger partial charge in [-0.25, -0.2) is 0 Å². The predicted octanol–water partition coefficient (Wildman–Crippen LogP) is 3.36. The van der Waals surface area contributed by atoms with Crippen molar-refractivity contribution in [3.05, 3.63) is 48.5 Å². The highest BCUT2D eigenvalue weighted by Crippen LogP contribution is 2.31. The lowest BCUT2D eigenvalue weighted by atomic mass is 10.0. The van der Waals surface area contributed by atoms with E-state index in [1.807, 2.05) is 44.2 Å². The lowest BCUT2D eigenvalue weighted by Gasteiger charge is -2.37. The molecule has 1 heterocycles. The van der Waals surface area contributed by atoms with Gasteiger partial charge in [-0.05, 0) is 36.1 Å². The van der Waals surface area contributed by atoms with Crippen molar-refractivity contribution in [1.82, 2.24) is 4.90 Å². The van der Waals surface area contributed by atoms with Crippen molar-refractivity contribution in [2.75, 3.05) is 31.1 Å². The molecule has 2 aromatic rings. The number of carbonyl (C=O) groups excluding carboxylic acids is 1. The molecule has 1 aliphatic heterocycles. The van der Waals surface area contributed by atoms with Gasteiger partial charge in [0.25, 0.3) is 5.91 Å². The number of phenols is 1. The van der Waals surface area contributed by atoms with Gasteiger partial charge in [0.1, 0.15) is 11.9 Å². The van der Waals surface area contributed by atoms with E-state index in [0.717, 1.165) is 29.9 Å². The van der Waals surface area contributed by atoms with Crippen LogP contribution in [0.2, 0.25) is 0 Å². The molecule has 1 saturated heterocycles. The van der Waals surface area contributed by atoms with E-state index < -0.39 is 6.10 Å². The number of hydrogen-bond acceptors (Lipinski definition) is 4. The number of hydrogen-bond donors (Lipinski definition) is 2. The van der Waals surface area contributed by atoms with Gasteiger partial charge in [-0.2, -0.15) is 0 Å². The fraction of sp³-hybridized carbons (Fsp3) is 0.409. The Balaban J connectivity index is 0.00000280. The van der Waals surface area contributed by atoms with Crippen LogP contribution in [-0.4, -0.2) is 53.3 Å². The van der Waals surface area contributed by atoms with Crippen molar-refractivity contribution < 1.29 is 16.4 Å². The molecule has 0 aliphatic carbocycles. The van der Waals surface area contributed by atoms with Crippen molar-refractivity contribution in [3.63, 3.8) is 0 Å². The number of aliphatic hydroxyl groups excluding tert-OH is 1. The maximum atomic E-state index is 12.4. The summed E-state index contributed by atoms with van der Waals surface area (Å²) >= 11 is 0. The average Bonchev–Trinajstić information content (AvgIpc) is 2.67. The third-order valence-electron chi connectivity index (χ3n) is 5.00. The quantitative estimate of drug-likeness (QED) is 0.847. The number of phenolic OH excluding ortho intramolecular Hbond substituents is 1. The average molecular weight is 370 g/mol. The molecule has 2 aromatic carbocycles. The van der Waals surface area contributed by atoms with E-state index >= 15 is 0 Å². The zero-order valence-electron chi connectivity index (χ0n) is 16.0. The van der Waals surface area contributed by atoms with Crippen LogP contribution in [0.5, 0.6) is 5.75 Å². The van der Waals surface area contributed by atoms with Crippen LogP contribution in [-0.2, 0) is 4.79 Å². The topological polar surface area (TPSA) is 64.0 Å². The van der Waals surface area contributed by atoms with Gasteiger partial charge in [-0.15, -0.1) is 0 Å². The molecule has 0 aromatic heterocycles. The van der Waals surface area contributed by atoms with Gasteiger partial charge >= 0.3 is 0 Å². The first-order valence-corrected chi connectivity index (χ1v) is 9.56. The molecule has 5 nitrogen and oxygen atoms in total. The second kappa shape index (κ2) is 8.44. The summed E-state index contributed by atoms with van der Waals surface area (Å²) in [5.74, 6) is 0.401. The summed E-state index contributed by atoms with van der Waals surface area (Å²) < 4.78 is 0. The van der Waals surface area contributed by atoms with Gasteiger partial charge in [0, 0.05) is 38.9 Å². The van der Waals surface area contributed by atoms with Gasteiger partial charge in [-0.3, -0.25) is 4.79 Å². The van der Waals surface area contributed by atoms with Crippen molar-refractivity contribution in [1.29, 1.82) is 0 Å². The molecule has 0 radical (unpaired) electrons. The maximum Gasteiger partial charge on any atom is 0.251 e. The number of nitrogens with zero attached hydrogens (tertiary/aromatic N) is 2. The molecule has 0 unspecified atom stereocenters. The Kier molecular flexibility index (Phi) is 6.01. The molecule has 1 aliphatic rings. The molecule has 0 bridgehead atoms. The number of aromatic hydroxyl groups is 1. The van der Waals surface area contributed by atoms with E-state index in [9.17, 15) is 15.0 Å². The highest BCUT2D eigenvalue weighted by molar-refractivity contribution is 5.81. The Morgan fingerprint density at radius 3 is 2.44 bits per heavy atom. The highest BCUT2D eigenvalue weighted by Gasteiger charge is 2.26. The lowest BCUT2D eigenvalue weighted by Crippen LogP contribution is -2.51. The van der Waals surface area contributed by atoms with Gasteiger partial charge in [0.05, 0.1) is 0 Å². The molecular weight excluding hydrogens is 340 g/mol. The molecule has 1 atom stereocenters. The van der Waals surface area contributed by atoms with E-state index in [1.54, 1.807) is 11.0 Å². The predicted molar refractivity (Wildman–Crippen MR) is 110 cm³/mol. The Bertz CT molecular complexity index is 789. The van der Waals surface area contributed by atoms with Gasteiger partial charge in [-0.1, -0.05) is 44.2 Å². The van der Waals surface area contributed by atoms with Gasteiger partial charge in [0.15, 0.2) is 0 Å². The Morgan fingerprint density at radius 2 is 1.78 bits per heavy atom. The minimum Gasteiger partial charge on any atom is -0.507 e. The number of amides is 1. The Hall–Kier alpha value is -2.53. The molecule has 0 saturated carbocycles. The Labute approximate surface area is 162 Å². The summed E-state index contributed by atoms with van der Waals surface area (Å²) in [5, 5.41) is 20.2. The zero-order valence-corrected chi connectivity index (χ0v) is 16.0. The fourth-order valence-electron chi connectivity index (χ4n) is 3.53. The minimum absolute atomic E-state index is 0. The summed E-state index contributed by atoms with van der Waals surface area (Å²) in [5.41, 5.74) is 2.85. The van der Waals surface area contributed by atoms with Crippen LogP contribution in [0.15, 0.2) is 48.5 Å². The van der Waals surface area contributed by atoms with E-state index in [0.29, 0.717) is 25.4 Å². The molecule has 0 spiro atoms. The smallest absolute Gasteiger partial charge is 0.251 e. The second-order valence-corrected chi connectivity index (χ2v) is 7.53. The summed E-state index contributed by atoms with van der Waals surface area (Å²) in [7, 11) is 0. The molecule has 5 heteroatoms. The summed E-state index contributed by atoms with van der Waals surface area (Å²) in [6.07, 6.45) is -0.400. The van der Waals surface area contributed by atoms with Crippen molar-refractivity contribution in [2.24, 2.45) is 5.92 Å². The number of para-hydroxylation sites is 1. The van der Waals surface area contributed by atoms with Gasteiger partial charge < -0.3 is 20.0 Å². The SMILES string of the molecule is CC(C)C[C@@H](O)C(=O)N1CCN(c2cccc(-c3ccccc3O)c2)CC1.[HH]. The first-order valence-electron chi connectivity index (χ1n) is 9.56. The van der Waals surface area contributed by atoms with Gasteiger partial charge in [0.2, 0.25) is 0 Å². The monoisotopic (exact) mass is 370 g/mol. The molecule has 2 N–H and O–H groups in total. The van der Waals surface area contributed by atoms with E-state index in [2.05, 4.69) is 17.0 Å². The molecular formula is C22H30N2O3. The number of anilines is 1. The largest absolute Gasteiger partial charge is 0.507 e. The van der Waals surface area contributed by atoms with Crippen LogP contribution in [0, 0.1) is 5.92 Å². The third-order valence-corrected chi connectivity index (χ3v) is 5.00.